The Morgan fingerprint density at radius 2 is 1.66 bits per heavy atom. The first-order chi connectivity index (χ1) is 14.3. The van der Waals surface area contributed by atoms with Gasteiger partial charge in [-0.1, -0.05) is 42.5 Å². The molecule has 1 heterocycles. The largest absolute Gasteiger partial charge is 0.490 e. The zero-order valence-electron chi connectivity index (χ0n) is 16.5. The number of fused-ring (bicyclic) bond motifs is 2. The molecule has 146 valence electrons. The molecule has 1 saturated carbocycles. The monoisotopic (exact) mass is 382 g/mol. The van der Waals surface area contributed by atoms with Gasteiger partial charge in [0.25, 0.3) is 0 Å². The quantitative estimate of drug-likeness (QED) is 0.469. The van der Waals surface area contributed by atoms with Crippen LogP contribution < -0.4 is 10.5 Å². The van der Waals surface area contributed by atoms with Gasteiger partial charge in [-0.3, -0.25) is 4.98 Å². The van der Waals surface area contributed by atoms with Crippen molar-refractivity contribution < 1.29 is 4.74 Å². The number of rotatable bonds is 4. The summed E-state index contributed by atoms with van der Waals surface area (Å²) < 4.78 is 6.31. The van der Waals surface area contributed by atoms with Crippen LogP contribution >= 0.6 is 0 Å². The molecule has 0 aliphatic heterocycles. The van der Waals surface area contributed by atoms with Crippen LogP contribution in [0.4, 0.5) is 0 Å². The minimum Gasteiger partial charge on any atom is -0.490 e. The molecule has 2 N–H and O–H groups in total. The summed E-state index contributed by atoms with van der Waals surface area (Å²) in [6.07, 6.45) is 8.30. The Bertz CT molecular complexity index is 1130. The molecule has 0 bridgehead atoms. The van der Waals surface area contributed by atoms with E-state index < -0.39 is 0 Å². The van der Waals surface area contributed by atoms with Crippen LogP contribution in [0.3, 0.4) is 0 Å². The van der Waals surface area contributed by atoms with Crippen LogP contribution in [0.15, 0.2) is 79.1 Å². The van der Waals surface area contributed by atoms with E-state index in [0.717, 1.165) is 36.8 Å². The van der Waals surface area contributed by atoms with Crippen LogP contribution in [0.5, 0.6) is 5.75 Å². The van der Waals surface area contributed by atoms with Crippen LogP contribution in [0.25, 0.3) is 21.5 Å². The molecule has 29 heavy (non-hydrogen) atoms. The third-order valence-electron chi connectivity index (χ3n) is 6.32. The molecule has 1 fully saturated rings. The molecule has 1 aromatic heterocycles. The van der Waals surface area contributed by atoms with E-state index in [1.165, 1.54) is 21.7 Å². The van der Waals surface area contributed by atoms with Crippen molar-refractivity contribution in [3.8, 4) is 5.75 Å². The number of aromatic nitrogens is 1. The van der Waals surface area contributed by atoms with Crippen molar-refractivity contribution in [2.75, 3.05) is 0 Å². The minimum absolute atomic E-state index is 0.0789. The summed E-state index contributed by atoms with van der Waals surface area (Å²) >= 11 is 0. The summed E-state index contributed by atoms with van der Waals surface area (Å²) in [5, 5.41) is 4.87. The van der Waals surface area contributed by atoms with Crippen molar-refractivity contribution in [2.45, 2.75) is 37.8 Å². The fourth-order valence-electron chi connectivity index (χ4n) is 4.69. The SMILES string of the molecule is NC(c1cccc2ccccc12)C1CCC(Oc2ccc3cnccc3c2)CC1. The fourth-order valence-corrected chi connectivity index (χ4v) is 4.69. The smallest absolute Gasteiger partial charge is 0.120 e. The lowest BCUT2D eigenvalue weighted by atomic mass is 9.79. The van der Waals surface area contributed by atoms with Gasteiger partial charge in [0.15, 0.2) is 0 Å². The second-order valence-corrected chi connectivity index (χ2v) is 8.13. The molecule has 3 nitrogen and oxygen atoms in total. The number of nitrogens with two attached hydrogens (primary N) is 1. The molecule has 3 aromatic carbocycles. The van der Waals surface area contributed by atoms with E-state index in [1.54, 1.807) is 0 Å². The zero-order chi connectivity index (χ0) is 19.6. The van der Waals surface area contributed by atoms with E-state index in [9.17, 15) is 0 Å². The van der Waals surface area contributed by atoms with E-state index in [-0.39, 0.29) is 12.1 Å². The lowest BCUT2D eigenvalue weighted by Gasteiger charge is -2.33. The normalized spacial score (nSPS) is 20.6. The Labute approximate surface area is 171 Å². The fraction of sp³-hybridized carbons (Fsp3) is 0.269. The van der Waals surface area contributed by atoms with Gasteiger partial charge in [-0.05, 0) is 77.6 Å². The van der Waals surface area contributed by atoms with Gasteiger partial charge in [-0.25, -0.2) is 0 Å². The summed E-state index contributed by atoms with van der Waals surface area (Å²) in [5.74, 6) is 1.45. The van der Waals surface area contributed by atoms with Gasteiger partial charge in [0.05, 0.1) is 6.10 Å². The highest BCUT2D eigenvalue weighted by molar-refractivity contribution is 5.86. The topological polar surface area (TPSA) is 48.1 Å². The van der Waals surface area contributed by atoms with Crippen LogP contribution in [-0.2, 0) is 0 Å². The van der Waals surface area contributed by atoms with Crippen LogP contribution in [0.1, 0.15) is 37.3 Å². The van der Waals surface area contributed by atoms with Crippen LogP contribution in [0.2, 0.25) is 0 Å². The molecular formula is C26H26N2O. The molecule has 0 spiro atoms. The van der Waals surface area contributed by atoms with Crippen molar-refractivity contribution in [1.29, 1.82) is 0 Å². The average Bonchev–Trinajstić information content (AvgIpc) is 2.79. The van der Waals surface area contributed by atoms with Crippen molar-refractivity contribution in [2.24, 2.45) is 11.7 Å². The van der Waals surface area contributed by atoms with Crippen LogP contribution in [0, 0.1) is 5.92 Å². The third kappa shape index (κ3) is 3.70. The van der Waals surface area contributed by atoms with Crippen molar-refractivity contribution in [3.63, 3.8) is 0 Å². The Hall–Kier alpha value is -2.91. The molecule has 1 unspecified atom stereocenters. The second kappa shape index (κ2) is 7.84. The van der Waals surface area contributed by atoms with E-state index in [4.69, 9.17) is 10.5 Å². The molecule has 5 rings (SSSR count). The maximum Gasteiger partial charge on any atom is 0.120 e. The first kappa shape index (κ1) is 18.1. The van der Waals surface area contributed by atoms with Gasteiger partial charge in [0.2, 0.25) is 0 Å². The summed E-state index contributed by atoms with van der Waals surface area (Å²) in [4.78, 5) is 4.17. The number of pyridine rings is 1. The molecule has 0 radical (unpaired) electrons. The lowest BCUT2D eigenvalue weighted by molar-refractivity contribution is 0.123. The highest BCUT2D eigenvalue weighted by Crippen LogP contribution is 2.37. The lowest BCUT2D eigenvalue weighted by Crippen LogP contribution is -2.30. The first-order valence-corrected chi connectivity index (χ1v) is 10.5. The second-order valence-electron chi connectivity index (χ2n) is 8.13. The number of hydrogen-bond donors (Lipinski definition) is 1. The molecule has 3 heteroatoms. The van der Waals surface area contributed by atoms with E-state index in [1.807, 2.05) is 18.5 Å². The number of hydrogen-bond acceptors (Lipinski definition) is 3. The Morgan fingerprint density at radius 1 is 0.828 bits per heavy atom. The molecule has 1 aliphatic rings. The predicted octanol–water partition coefficient (Wildman–Crippen LogP) is 6.03. The molecule has 0 amide bonds. The molecule has 1 atom stereocenters. The maximum atomic E-state index is 6.75. The van der Waals surface area contributed by atoms with Crippen molar-refractivity contribution in [3.05, 3.63) is 84.7 Å². The number of nitrogens with zero attached hydrogens (tertiary/aromatic N) is 1. The highest BCUT2D eigenvalue weighted by atomic mass is 16.5. The highest BCUT2D eigenvalue weighted by Gasteiger charge is 2.28. The first-order valence-electron chi connectivity index (χ1n) is 10.5. The van der Waals surface area contributed by atoms with Crippen molar-refractivity contribution >= 4 is 21.5 Å². The molecule has 1 aliphatic carbocycles. The third-order valence-corrected chi connectivity index (χ3v) is 6.32. The van der Waals surface area contributed by atoms with Crippen molar-refractivity contribution in [1.82, 2.24) is 4.98 Å². The summed E-state index contributed by atoms with van der Waals surface area (Å²) in [7, 11) is 0. The van der Waals surface area contributed by atoms with Crippen LogP contribution in [-0.4, -0.2) is 11.1 Å². The van der Waals surface area contributed by atoms with Gasteiger partial charge < -0.3 is 10.5 Å². The Balaban J connectivity index is 1.26. The predicted molar refractivity (Wildman–Crippen MR) is 119 cm³/mol. The molecule has 0 saturated heterocycles. The van der Waals surface area contributed by atoms with Gasteiger partial charge >= 0.3 is 0 Å². The maximum absolute atomic E-state index is 6.75. The van der Waals surface area contributed by atoms with Gasteiger partial charge in [-0.2, -0.15) is 0 Å². The Morgan fingerprint density at radius 3 is 2.55 bits per heavy atom. The average molecular weight is 383 g/mol. The van der Waals surface area contributed by atoms with E-state index in [0.29, 0.717) is 5.92 Å². The van der Waals surface area contributed by atoms with E-state index >= 15 is 0 Å². The van der Waals surface area contributed by atoms with Gasteiger partial charge in [0, 0.05) is 23.8 Å². The Kier molecular flexibility index (Phi) is 4.91. The number of ether oxygens (including phenoxy) is 1. The van der Waals surface area contributed by atoms with Gasteiger partial charge in [0.1, 0.15) is 5.75 Å². The van der Waals surface area contributed by atoms with E-state index in [2.05, 4.69) is 65.6 Å². The summed E-state index contributed by atoms with van der Waals surface area (Å²) in [6, 6.07) is 23.4. The molecule has 4 aromatic rings. The summed E-state index contributed by atoms with van der Waals surface area (Å²) in [5.41, 5.74) is 8.02. The molecular weight excluding hydrogens is 356 g/mol. The zero-order valence-corrected chi connectivity index (χ0v) is 16.5. The number of benzene rings is 3. The van der Waals surface area contributed by atoms with Gasteiger partial charge in [-0.15, -0.1) is 0 Å². The summed E-state index contributed by atoms with van der Waals surface area (Å²) in [6.45, 7) is 0. The standard InChI is InChI=1S/C26H26N2O/c27-26(25-7-3-5-18-4-1-2-6-24(18)25)19-8-11-22(12-9-19)29-23-13-10-21-17-28-15-14-20(21)16-23/h1-7,10,13-17,19,22,26H,8-9,11-12,27H2. The minimum atomic E-state index is 0.0789.